The summed E-state index contributed by atoms with van der Waals surface area (Å²) in [6.45, 7) is 7.44. The van der Waals surface area contributed by atoms with Gasteiger partial charge in [0, 0.05) is 12.1 Å². The number of alkyl carbamates (subject to hydrolysis) is 1. The van der Waals surface area contributed by atoms with Crippen LogP contribution in [0.15, 0.2) is 0 Å². The van der Waals surface area contributed by atoms with E-state index < -0.39 is 5.60 Å². The van der Waals surface area contributed by atoms with Crippen LogP contribution >= 0.6 is 0 Å². The van der Waals surface area contributed by atoms with Crippen molar-refractivity contribution in [2.24, 2.45) is 5.92 Å². The number of fused-ring (bicyclic) bond motifs is 2. The standard InChI is InChI=1S/C12H22N2O2/c1-11(2,3)16-10(15)13-8-12-5-4-9(6-12)7-14-12/h9,14H,4-8H2,1-3H3,(H,13,15)/t9-,12-/m1/s1. The van der Waals surface area contributed by atoms with E-state index in [1.807, 2.05) is 20.8 Å². The molecule has 1 saturated carbocycles. The molecule has 4 nitrogen and oxygen atoms in total. The Morgan fingerprint density at radius 1 is 1.56 bits per heavy atom. The number of hydrogen-bond acceptors (Lipinski definition) is 3. The van der Waals surface area contributed by atoms with Gasteiger partial charge in [-0.25, -0.2) is 4.79 Å². The van der Waals surface area contributed by atoms with Crippen LogP contribution in [0.1, 0.15) is 40.0 Å². The van der Waals surface area contributed by atoms with E-state index in [1.54, 1.807) is 0 Å². The van der Waals surface area contributed by atoms with Crippen molar-refractivity contribution in [2.45, 2.75) is 51.2 Å². The molecule has 0 spiro atoms. The van der Waals surface area contributed by atoms with Crippen molar-refractivity contribution in [3.05, 3.63) is 0 Å². The summed E-state index contributed by atoms with van der Waals surface area (Å²) in [5.74, 6) is 0.820. The van der Waals surface area contributed by atoms with Crippen molar-refractivity contribution in [1.29, 1.82) is 0 Å². The Bertz CT molecular complexity index is 275. The molecule has 2 rings (SSSR count). The zero-order chi connectivity index (χ0) is 11.8. The predicted octanol–water partition coefficient (Wildman–Crippen LogP) is 1.65. The van der Waals surface area contributed by atoms with Gasteiger partial charge in [-0.3, -0.25) is 0 Å². The minimum absolute atomic E-state index is 0.154. The fraction of sp³-hybridized carbons (Fsp3) is 0.917. The van der Waals surface area contributed by atoms with Gasteiger partial charge in [-0.05, 0) is 52.5 Å². The van der Waals surface area contributed by atoms with E-state index >= 15 is 0 Å². The maximum atomic E-state index is 11.5. The van der Waals surface area contributed by atoms with E-state index in [1.165, 1.54) is 19.3 Å². The Balaban J connectivity index is 1.77. The van der Waals surface area contributed by atoms with E-state index in [2.05, 4.69) is 10.6 Å². The van der Waals surface area contributed by atoms with E-state index in [0.717, 1.165) is 12.5 Å². The maximum Gasteiger partial charge on any atom is 0.407 e. The molecule has 0 aromatic rings. The Morgan fingerprint density at radius 2 is 2.31 bits per heavy atom. The third-order valence-electron chi connectivity index (χ3n) is 3.45. The topological polar surface area (TPSA) is 50.4 Å². The molecule has 1 aliphatic carbocycles. The predicted molar refractivity (Wildman–Crippen MR) is 62.3 cm³/mol. The molecule has 2 aliphatic rings. The first-order valence-electron chi connectivity index (χ1n) is 6.10. The van der Waals surface area contributed by atoms with Crippen molar-refractivity contribution in [3.63, 3.8) is 0 Å². The van der Waals surface area contributed by atoms with Gasteiger partial charge in [0.15, 0.2) is 0 Å². The summed E-state index contributed by atoms with van der Waals surface area (Å²) in [5.41, 5.74) is -0.259. The summed E-state index contributed by atoms with van der Waals surface area (Å²) in [6.07, 6.45) is 3.36. The SMILES string of the molecule is CC(C)(C)OC(=O)NC[C@]12CC[C@@H](CN1)C2. The summed E-state index contributed by atoms with van der Waals surface area (Å²) in [5, 5.41) is 6.39. The number of ether oxygens (including phenoxy) is 1. The molecule has 92 valence electrons. The van der Waals surface area contributed by atoms with Gasteiger partial charge < -0.3 is 15.4 Å². The zero-order valence-electron chi connectivity index (χ0n) is 10.4. The van der Waals surface area contributed by atoms with E-state index in [-0.39, 0.29) is 11.6 Å². The lowest BCUT2D eigenvalue weighted by Gasteiger charge is -2.28. The van der Waals surface area contributed by atoms with E-state index in [0.29, 0.717) is 6.54 Å². The highest BCUT2D eigenvalue weighted by molar-refractivity contribution is 5.67. The smallest absolute Gasteiger partial charge is 0.407 e. The van der Waals surface area contributed by atoms with Crippen LogP contribution in [-0.4, -0.2) is 30.3 Å². The third kappa shape index (κ3) is 2.67. The second-order valence-corrected chi connectivity index (χ2v) is 6.13. The van der Waals surface area contributed by atoms with Gasteiger partial charge >= 0.3 is 6.09 Å². The van der Waals surface area contributed by atoms with Gasteiger partial charge in [-0.15, -0.1) is 0 Å². The molecule has 2 fully saturated rings. The molecule has 0 unspecified atom stereocenters. The minimum Gasteiger partial charge on any atom is -0.444 e. The molecule has 1 saturated heterocycles. The minimum atomic E-state index is -0.414. The lowest BCUT2D eigenvalue weighted by Crippen LogP contribution is -2.50. The second-order valence-electron chi connectivity index (χ2n) is 6.13. The van der Waals surface area contributed by atoms with Crippen LogP contribution in [0.4, 0.5) is 4.79 Å². The molecule has 0 radical (unpaired) electrons. The van der Waals surface area contributed by atoms with Crippen molar-refractivity contribution in [2.75, 3.05) is 13.1 Å². The molecule has 0 aromatic heterocycles. The summed E-state index contributed by atoms with van der Waals surface area (Å²) in [4.78, 5) is 11.5. The molecular weight excluding hydrogens is 204 g/mol. The van der Waals surface area contributed by atoms with Crippen molar-refractivity contribution < 1.29 is 9.53 Å². The van der Waals surface area contributed by atoms with Gasteiger partial charge in [-0.1, -0.05) is 0 Å². The molecule has 16 heavy (non-hydrogen) atoms. The van der Waals surface area contributed by atoms with Crippen LogP contribution in [-0.2, 0) is 4.74 Å². The number of hydrogen-bond donors (Lipinski definition) is 2. The summed E-state index contributed by atoms with van der Waals surface area (Å²) in [7, 11) is 0. The van der Waals surface area contributed by atoms with Gasteiger partial charge in [0.05, 0.1) is 0 Å². The Labute approximate surface area is 97.1 Å². The van der Waals surface area contributed by atoms with Crippen LogP contribution in [0.25, 0.3) is 0 Å². The first-order chi connectivity index (χ1) is 7.39. The third-order valence-corrected chi connectivity index (χ3v) is 3.45. The first kappa shape index (κ1) is 11.7. The molecule has 4 heteroatoms. The molecule has 1 heterocycles. The second kappa shape index (κ2) is 3.91. The normalized spacial score (nSPS) is 32.8. The number of carbonyl (C=O) groups is 1. The molecule has 2 N–H and O–H groups in total. The van der Waals surface area contributed by atoms with Crippen LogP contribution in [0.3, 0.4) is 0 Å². The maximum absolute atomic E-state index is 11.5. The summed E-state index contributed by atoms with van der Waals surface area (Å²) < 4.78 is 5.22. The highest BCUT2D eigenvalue weighted by atomic mass is 16.6. The molecule has 2 atom stereocenters. The number of carbonyl (C=O) groups excluding carboxylic acids is 1. The van der Waals surface area contributed by atoms with Crippen LogP contribution in [0.2, 0.25) is 0 Å². The largest absolute Gasteiger partial charge is 0.444 e. The Hall–Kier alpha value is -0.770. The van der Waals surface area contributed by atoms with E-state index in [4.69, 9.17) is 4.74 Å². The van der Waals surface area contributed by atoms with Gasteiger partial charge in [0.1, 0.15) is 5.60 Å². The fourth-order valence-electron chi connectivity index (χ4n) is 2.71. The number of amides is 1. The van der Waals surface area contributed by atoms with E-state index in [9.17, 15) is 4.79 Å². The van der Waals surface area contributed by atoms with Gasteiger partial charge in [0.25, 0.3) is 0 Å². The first-order valence-corrected chi connectivity index (χ1v) is 6.10. The van der Waals surface area contributed by atoms with Gasteiger partial charge in [-0.2, -0.15) is 0 Å². The monoisotopic (exact) mass is 226 g/mol. The fourth-order valence-corrected chi connectivity index (χ4v) is 2.71. The molecule has 1 amide bonds. The highest BCUT2D eigenvalue weighted by Gasteiger charge is 2.44. The van der Waals surface area contributed by atoms with Gasteiger partial charge in [0.2, 0.25) is 0 Å². The average Bonchev–Trinajstić information content (AvgIpc) is 2.72. The van der Waals surface area contributed by atoms with Crippen LogP contribution in [0.5, 0.6) is 0 Å². The number of nitrogens with one attached hydrogen (secondary N) is 2. The molecule has 1 aliphatic heterocycles. The van der Waals surface area contributed by atoms with Crippen LogP contribution in [0, 0.1) is 5.92 Å². The summed E-state index contributed by atoms with van der Waals surface area (Å²) >= 11 is 0. The lowest BCUT2D eigenvalue weighted by atomic mass is 9.99. The molecule has 2 bridgehead atoms. The average molecular weight is 226 g/mol. The number of rotatable bonds is 2. The molecule has 0 aromatic carbocycles. The van der Waals surface area contributed by atoms with Crippen LogP contribution < -0.4 is 10.6 Å². The quantitative estimate of drug-likeness (QED) is 0.753. The zero-order valence-corrected chi connectivity index (χ0v) is 10.4. The number of piperidine rings is 1. The Morgan fingerprint density at radius 3 is 2.75 bits per heavy atom. The lowest BCUT2D eigenvalue weighted by molar-refractivity contribution is 0.0512. The van der Waals surface area contributed by atoms with Crippen molar-refractivity contribution in [1.82, 2.24) is 10.6 Å². The summed E-state index contributed by atoms with van der Waals surface area (Å²) in [6, 6.07) is 0. The van der Waals surface area contributed by atoms with Crippen molar-refractivity contribution >= 4 is 6.09 Å². The highest BCUT2D eigenvalue weighted by Crippen LogP contribution is 2.39. The Kier molecular flexibility index (Phi) is 2.86. The molecular formula is C12H22N2O2. The van der Waals surface area contributed by atoms with Crippen molar-refractivity contribution in [3.8, 4) is 0 Å².